The number of carbonyl (C=O) groups is 1. The molecule has 1 heterocycles. The second kappa shape index (κ2) is 4.56. The van der Waals surface area contributed by atoms with E-state index in [0.29, 0.717) is 0 Å². The predicted octanol–water partition coefficient (Wildman–Crippen LogP) is 2.27. The van der Waals surface area contributed by atoms with Crippen LogP contribution < -0.4 is 5.32 Å². The van der Waals surface area contributed by atoms with Crippen LogP contribution in [0.5, 0.6) is 0 Å². The molecule has 0 radical (unpaired) electrons. The van der Waals surface area contributed by atoms with E-state index < -0.39 is 0 Å². The van der Waals surface area contributed by atoms with Gasteiger partial charge in [-0.3, -0.25) is 4.79 Å². The molecule has 1 aliphatic heterocycles. The number of hydrogen-bond donors (Lipinski definition) is 1. The quantitative estimate of drug-likeness (QED) is 0.826. The summed E-state index contributed by atoms with van der Waals surface area (Å²) in [5.74, 6) is 0.178. The summed E-state index contributed by atoms with van der Waals surface area (Å²) in [4.78, 5) is 14.1. The van der Waals surface area contributed by atoms with Gasteiger partial charge >= 0.3 is 0 Å². The summed E-state index contributed by atoms with van der Waals surface area (Å²) >= 11 is 0. The third-order valence-corrected chi connectivity index (χ3v) is 3.14. The van der Waals surface area contributed by atoms with Gasteiger partial charge in [-0.1, -0.05) is 0 Å². The fourth-order valence-electron chi connectivity index (χ4n) is 2.15. The van der Waals surface area contributed by atoms with Gasteiger partial charge in [0.25, 0.3) is 5.91 Å². The molecule has 0 aromatic heterocycles. The molecular weight excluding hydrogens is 200 g/mol. The van der Waals surface area contributed by atoms with E-state index in [1.807, 2.05) is 37.1 Å². The molecule has 0 atom stereocenters. The highest BCUT2D eigenvalue weighted by atomic mass is 16.2. The molecule has 86 valence electrons. The van der Waals surface area contributed by atoms with E-state index in [0.717, 1.165) is 42.7 Å². The molecule has 0 aliphatic carbocycles. The molecule has 1 aromatic carbocycles. The first-order valence-corrected chi connectivity index (χ1v) is 5.80. The molecule has 0 spiro atoms. The Hall–Kier alpha value is -1.51. The van der Waals surface area contributed by atoms with Gasteiger partial charge in [-0.05, 0) is 43.5 Å². The van der Waals surface area contributed by atoms with Crippen molar-refractivity contribution in [2.45, 2.75) is 19.8 Å². The Morgan fingerprint density at radius 3 is 2.56 bits per heavy atom. The average molecular weight is 218 g/mol. The number of benzene rings is 1. The summed E-state index contributed by atoms with van der Waals surface area (Å²) in [5, 5.41) is 3.08. The molecule has 1 fully saturated rings. The highest BCUT2D eigenvalue weighted by molar-refractivity contribution is 5.96. The molecule has 16 heavy (non-hydrogen) atoms. The number of rotatable bonds is 2. The Morgan fingerprint density at radius 1 is 1.31 bits per heavy atom. The number of hydrogen-bond acceptors (Lipinski definition) is 2. The maximum atomic E-state index is 12.2. The van der Waals surface area contributed by atoms with Gasteiger partial charge in [0.05, 0.1) is 0 Å². The van der Waals surface area contributed by atoms with Gasteiger partial charge in [0, 0.05) is 31.4 Å². The lowest BCUT2D eigenvalue weighted by Crippen LogP contribution is -2.28. The molecule has 1 aromatic rings. The number of likely N-dealkylation sites (tertiary alicyclic amines) is 1. The third kappa shape index (κ3) is 2.03. The highest BCUT2D eigenvalue weighted by Gasteiger charge is 2.20. The number of nitrogens with one attached hydrogen (secondary N) is 1. The van der Waals surface area contributed by atoms with Crippen molar-refractivity contribution in [3.05, 3.63) is 29.3 Å². The fraction of sp³-hybridized carbons (Fsp3) is 0.462. The summed E-state index contributed by atoms with van der Waals surface area (Å²) in [6.07, 6.45) is 2.28. The van der Waals surface area contributed by atoms with Crippen LogP contribution in [0, 0.1) is 6.92 Å². The predicted molar refractivity (Wildman–Crippen MR) is 65.9 cm³/mol. The maximum absolute atomic E-state index is 12.2. The van der Waals surface area contributed by atoms with Gasteiger partial charge in [0.2, 0.25) is 0 Å². The monoisotopic (exact) mass is 218 g/mol. The van der Waals surface area contributed by atoms with Gasteiger partial charge in [0.15, 0.2) is 0 Å². The van der Waals surface area contributed by atoms with Crippen LogP contribution in [-0.2, 0) is 0 Å². The Bertz CT molecular complexity index is 395. The average Bonchev–Trinajstić information content (AvgIpc) is 2.81. The molecule has 1 aliphatic rings. The van der Waals surface area contributed by atoms with E-state index in [4.69, 9.17) is 0 Å². The minimum Gasteiger partial charge on any atom is -0.388 e. The van der Waals surface area contributed by atoms with Crippen LogP contribution in [0.15, 0.2) is 18.2 Å². The smallest absolute Gasteiger partial charge is 0.254 e. The van der Waals surface area contributed by atoms with Crippen molar-refractivity contribution in [1.82, 2.24) is 4.90 Å². The second-order valence-corrected chi connectivity index (χ2v) is 4.28. The van der Waals surface area contributed by atoms with E-state index in [2.05, 4.69) is 5.32 Å². The third-order valence-electron chi connectivity index (χ3n) is 3.14. The van der Waals surface area contributed by atoms with Crippen molar-refractivity contribution in [2.75, 3.05) is 25.5 Å². The minimum absolute atomic E-state index is 0.178. The van der Waals surface area contributed by atoms with E-state index in [-0.39, 0.29) is 5.91 Å². The van der Waals surface area contributed by atoms with Crippen molar-refractivity contribution in [1.29, 1.82) is 0 Å². The van der Waals surface area contributed by atoms with Crippen molar-refractivity contribution in [3.8, 4) is 0 Å². The number of amides is 1. The second-order valence-electron chi connectivity index (χ2n) is 4.28. The summed E-state index contributed by atoms with van der Waals surface area (Å²) in [6.45, 7) is 3.81. The first-order chi connectivity index (χ1) is 7.72. The molecule has 3 nitrogen and oxygen atoms in total. The van der Waals surface area contributed by atoms with E-state index in [9.17, 15) is 4.79 Å². The van der Waals surface area contributed by atoms with Crippen molar-refractivity contribution >= 4 is 11.6 Å². The summed E-state index contributed by atoms with van der Waals surface area (Å²) in [6, 6.07) is 5.89. The summed E-state index contributed by atoms with van der Waals surface area (Å²) in [7, 11) is 1.89. The SMILES string of the molecule is CNc1ccc(C(=O)N2CCCC2)c(C)c1. The zero-order chi connectivity index (χ0) is 11.5. The molecular formula is C13H18N2O. The van der Waals surface area contributed by atoms with Gasteiger partial charge in [-0.25, -0.2) is 0 Å². The van der Waals surface area contributed by atoms with E-state index >= 15 is 0 Å². The van der Waals surface area contributed by atoms with Crippen LogP contribution in [0.25, 0.3) is 0 Å². The van der Waals surface area contributed by atoms with Gasteiger partial charge in [-0.2, -0.15) is 0 Å². The summed E-state index contributed by atoms with van der Waals surface area (Å²) < 4.78 is 0. The Morgan fingerprint density at radius 2 is 2.00 bits per heavy atom. The van der Waals surface area contributed by atoms with Crippen LogP contribution in [0.2, 0.25) is 0 Å². The number of anilines is 1. The Balaban J connectivity index is 2.22. The standard InChI is InChI=1S/C13H18N2O/c1-10-9-11(14-2)5-6-12(10)13(16)15-7-3-4-8-15/h5-6,9,14H,3-4,7-8H2,1-2H3. The van der Waals surface area contributed by atoms with Crippen molar-refractivity contribution in [3.63, 3.8) is 0 Å². The van der Waals surface area contributed by atoms with Gasteiger partial charge in [-0.15, -0.1) is 0 Å². The Labute approximate surface area is 96.5 Å². The zero-order valence-electron chi connectivity index (χ0n) is 9.92. The van der Waals surface area contributed by atoms with E-state index in [1.54, 1.807) is 0 Å². The van der Waals surface area contributed by atoms with Crippen molar-refractivity contribution in [2.24, 2.45) is 0 Å². The molecule has 0 bridgehead atoms. The van der Waals surface area contributed by atoms with Crippen LogP contribution in [0.3, 0.4) is 0 Å². The number of nitrogens with zero attached hydrogens (tertiary/aromatic N) is 1. The Kier molecular flexibility index (Phi) is 3.13. The van der Waals surface area contributed by atoms with Crippen molar-refractivity contribution < 1.29 is 4.79 Å². The fourth-order valence-corrected chi connectivity index (χ4v) is 2.15. The zero-order valence-corrected chi connectivity index (χ0v) is 9.92. The summed E-state index contributed by atoms with van der Waals surface area (Å²) in [5.41, 5.74) is 2.93. The molecule has 3 heteroatoms. The molecule has 0 saturated carbocycles. The number of aryl methyl sites for hydroxylation is 1. The lowest BCUT2D eigenvalue weighted by Gasteiger charge is -2.17. The highest BCUT2D eigenvalue weighted by Crippen LogP contribution is 2.18. The molecule has 2 rings (SSSR count). The first kappa shape index (κ1) is 11.0. The lowest BCUT2D eigenvalue weighted by atomic mass is 10.1. The normalized spacial score (nSPS) is 15.2. The number of carbonyl (C=O) groups excluding carboxylic acids is 1. The molecule has 1 N–H and O–H groups in total. The van der Waals surface area contributed by atoms with Crippen LogP contribution in [0.4, 0.5) is 5.69 Å². The topological polar surface area (TPSA) is 32.3 Å². The van der Waals surface area contributed by atoms with Crippen LogP contribution in [0.1, 0.15) is 28.8 Å². The molecule has 1 saturated heterocycles. The minimum atomic E-state index is 0.178. The van der Waals surface area contributed by atoms with E-state index in [1.165, 1.54) is 0 Å². The van der Waals surface area contributed by atoms with Crippen LogP contribution >= 0.6 is 0 Å². The largest absolute Gasteiger partial charge is 0.388 e. The molecule has 1 amide bonds. The lowest BCUT2D eigenvalue weighted by molar-refractivity contribution is 0.0792. The van der Waals surface area contributed by atoms with Gasteiger partial charge in [0.1, 0.15) is 0 Å². The maximum Gasteiger partial charge on any atom is 0.254 e. The van der Waals surface area contributed by atoms with Crippen LogP contribution in [-0.4, -0.2) is 30.9 Å². The van der Waals surface area contributed by atoms with Gasteiger partial charge < -0.3 is 10.2 Å². The first-order valence-electron chi connectivity index (χ1n) is 5.80. The molecule has 0 unspecified atom stereocenters.